The summed E-state index contributed by atoms with van der Waals surface area (Å²) in [6, 6.07) is 0. The molecule has 0 spiro atoms. The maximum absolute atomic E-state index is 12.4. The van der Waals surface area contributed by atoms with E-state index in [1.54, 1.807) is 0 Å². The standard InChI is InChI=1S/C12H19N3O4S/c1-2-15(8-10-3-4-10)20(18,19)11-7-13-14(9-11)6-5-12(16)17/h7,9-10H,2-6,8H2,1H3,(H,16,17). The predicted molar refractivity (Wildman–Crippen MR) is 71.6 cm³/mol. The van der Waals surface area contributed by atoms with Crippen LogP contribution in [0.15, 0.2) is 17.3 Å². The summed E-state index contributed by atoms with van der Waals surface area (Å²) < 4.78 is 27.7. The number of carboxylic acids is 1. The zero-order chi connectivity index (χ0) is 14.8. The summed E-state index contributed by atoms with van der Waals surface area (Å²) in [7, 11) is -3.52. The molecule has 1 saturated carbocycles. The van der Waals surface area contributed by atoms with Crippen LogP contribution in [0.5, 0.6) is 0 Å². The second-order valence-electron chi connectivity index (χ2n) is 4.98. The first-order valence-corrected chi connectivity index (χ1v) is 8.12. The Balaban J connectivity index is 2.09. The topological polar surface area (TPSA) is 92.5 Å². The normalized spacial score (nSPS) is 15.7. The molecule has 2 rings (SSSR count). The Labute approximate surface area is 118 Å². The quantitative estimate of drug-likeness (QED) is 0.766. The second-order valence-corrected chi connectivity index (χ2v) is 6.92. The van der Waals surface area contributed by atoms with Crippen LogP contribution < -0.4 is 0 Å². The maximum Gasteiger partial charge on any atom is 0.305 e. The highest BCUT2D eigenvalue weighted by Crippen LogP contribution is 2.31. The summed E-state index contributed by atoms with van der Waals surface area (Å²) in [5, 5.41) is 12.5. The van der Waals surface area contributed by atoms with Crippen molar-refractivity contribution in [3.05, 3.63) is 12.4 Å². The molecular weight excluding hydrogens is 282 g/mol. The number of aliphatic carboxylic acids is 1. The molecule has 112 valence electrons. The minimum atomic E-state index is -3.52. The molecule has 0 bridgehead atoms. The molecule has 0 amide bonds. The van der Waals surface area contributed by atoms with Crippen LogP contribution in [0.3, 0.4) is 0 Å². The monoisotopic (exact) mass is 301 g/mol. The minimum absolute atomic E-state index is 0.0826. The van der Waals surface area contributed by atoms with Gasteiger partial charge in [0.25, 0.3) is 0 Å². The lowest BCUT2D eigenvalue weighted by molar-refractivity contribution is -0.137. The summed E-state index contributed by atoms with van der Waals surface area (Å²) >= 11 is 0. The molecule has 1 fully saturated rings. The SMILES string of the molecule is CCN(CC1CC1)S(=O)(=O)c1cnn(CCC(=O)O)c1. The van der Waals surface area contributed by atoms with Gasteiger partial charge in [-0.3, -0.25) is 9.48 Å². The first-order valence-electron chi connectivity index (χ1n) is 6.68. The lowest BCUT2D eigenvalue weighted by Gasteiger charge is -2.19. The predicted octanol–water partition coefficient (Wildman–Crippen LogP) is 0.778. The van der Waals surface area contributed by atoms with Gasteiger partial charge < -0.3 is 5.11 Å². The lowest BCUT2D eigenvalue weighted by Crippen LogP contribution is -2.32. The molecule has 8 heteroatoms. The number of aromatic nitrogens is 2. The average Bonchev–Trinajstić information content (AvgIpc) is 3.07. The van der Waals surface area contributed by atoms with Crippen molar-refractivity contribution in [2.24, 2.45) is 5.92 Å². The molecule has 1 aliphatic rings. The first kappa shape index (κ1) is 15.0. The average molecular weight is 301 g/mol. The molecule has 0 aromatic carbocycles. The highest BCUT2D eigenvalue weighted by molar-refractivity contribution is 7.89. The number of carbonyl (C=O) groups is 1. The zero-order valence-corrected chi connectivity index (χ0v) is 12.2. The highest BCUT2D eigenvalue weighted by Gasteiger charge is 2.31. The van der Waals surface area contributed by atoms with Gasteiger partial charge >= 0.3 is 5.97 Å². The molecule has 1 aromatic heterocycles. The van der Waals surface area contributed by atoms with E-state index in [0.29, 0.717) is 19.0 Å². The Morgan fingerprint density at radius 2 is 2.25 bits per heavy atom. The molecule has 0 radical (unpaired) electrons. The number of rotatable bonds is 8. The minimum Gasteiger partial charge on any atom is -0.481 e. The number of sulfonamides is 1. The van der Waals surface area contributed by atoms with Crippen LogP contribution in [0.4, 0.5) is 0 Å². The van der Waals surface area contributed by atoms with Crippen LogP contribution in [0.25, 0.3) is 0 Å². The van der Waals surface area contributed by atoms with Gasteiger partial charge in [-0.05, 0) is 18.8 Å². The Morgan fingerprint density at radius 3 is 2.80 bits per heavy atom. The summed E-state index contributed by atoms with van der Waals surface area (Å²) in [4.78, 5) is 10.6. The number of nitrogens with zero attached hydrogens (tertiary/aromatic N) is 3. The third kappa shape index (κ3) is 3.57. The molecule has 1 heterocycles. The summed E-state index contributed by atoms with van der Waals surface area (Å²) in [5.74, 6) is -0.458. The highest BCUT2D eigenvalue weighted by atomic mass is 32.2. The van der Waals surface area contributed by atoms with Crippen molar-refractivity contribution in [1.29, 1.82) is 0 Å². The van der Waals surface area contributed by atoms with Gasteiger partial charge in [0.15, 0.2) is 0 Å². The fourth-order valence-electron chi connectivity index (χ4n) is 1.94. The number of carboxylic acid groups (broad SMARTS) is 1. The molecule has 1 aliphatic carbocycles. The number of hydrogen-bond acceptors (Lipinski definition) is 4. The van der Waals surface area contributed by atoms with Crippen LogP contribution in [0, 0.1) is 5.92 Å². The Kier molecular flexibility index (Phi) is 4.44. The molecule has 1 aromatic rings. The van der Waals surface area contributed by atoms with Crippen LogP contribution in [-0.2, 0) is 21.4 Å². The van der Waals surface area contributed by atoms with E-state index in [-0.39, 0.29) is 17.9 Å². The summed E-state index contributed by atoms with van der Waals surface area (Å²) in [6.45, 7) is 2.96. The maximum atomic E-state index is 12.4. The Bertz CT molecular complexity index is 577. The number of hydrogen-bond donors (Lipinski definition) is 1. The number of aryl methyl sites for hydroxylation is 1. The van der Waals surface area contributed by atoms with Crippen molar-refractivity contribution in [1.82, 2.24) is 14.1 Å². The van der Waals surface area contributed by atoms with E-state index in [1.165, 1.54) is 21.4 Å². The van der Waals surface area contributed by atoms with Gasteiger partial charge in [0.2, 0.25) is 10.0 Å². The summed E-state index contributed by atoms with van der Waals surface area (Å²) in [6.07, 6.45) is 4.77. The van der Waals surface area contributed by atoms with E-state index in [2.05, 4.69) is 5.10 Å². The van der Waals surface area contributed by atoms with E-state index in [1.807, 2.05) is 6.92 Å². The second kappa shape index (κ2) is 5.92. The van der Waals surface area contributed by atoms with Crippen LogP contribution in [0.1, 0.15) is 26.2 Å². The zero-order valence-electron chi connectivity index (χ0n) is 11.4. The van der Waals surface area contributed by atoms with Gasteiger partial charge in [-0.1, -0.05) is 6.92 Å². The first-order chi connectivity index (χ1) is 9.43. The molecule has 1 N–H and O–H groups in total. The van der Waals surface area contributed by atoms with Crippen molar-refractivity contribution in [2.75, 3.05) is 13.1 Å². The third-order valence-electron chi connectivity index (χ3n) is 3.31. The fraction of sp³-hybridized carbons (Fsp3) is 0.667. The molecule has 0 atom stereocenters. The van der Waals surface area contributed by atoms with E-state index in [0.717, 1.165) is 12.8 Å². The summed E-state index contributed by atoms with van der Waals surface area (Å²) in [5.41, 5.74) is 0. The molecule has 0 unspecified atom stereocenters. The molecule has 0 saturated heterocycles. The van der Waals surface area contributed by atoms with Crippen LogP contribution in [0.2, 0.25) is 0 Å². The van der Waals surface area contributed by atoms with Crippen LogP contribution in [-0.4, -0.2) is 46.7 Å². The van der Waals surface area contributed by atoms with Gasteiger partial charge in [-0.15, -0.1) is 0 Å². The van der Waals surface area contributed by atoms with Gasteiger partial charge in [0, 0.05) is 19.3 Å². The van der Waals surface area contributed by atoms with Crippen molar-refractivity contribution in [2.45, 2.75) is 37.6 Å². The van der Waals surface area contributed by atoms with Gasteiger partial charge in [-0.2, -0.15) is 9.40 Å². The molecule has 20 heavy (non-hydrogen) atoms. The van der Waals surface area contributed by atoms with Gasteiger partial charge in [-0.25, -0.2) is 8.42 Å². The van der Waals surface area contributed by atoms with E-state index >= 15 is 0 Å². The molecule has 7 nitrogen and oxygen atoms in total. The lowest BCUT2D eigenvalue weighted by atomic mass is 10.4. The smallest absolute Gasteiger partial charge is 0.305 e. The Hall–Kier alpha value is -1.41. The van der Waals surface area contributed by atoms with Crippen LogP contribution >= 0.6 is 0 Å². The van der Waals surface area contributed by atoms with Crippen molar-refractivity contribution in [3.8, 4) is 0 Å². The van der Waals surface area contributed by atoms with E-state index < -0.39 is 16.0 Å². The molecular formula is C12H19N3O4S. The van der Waals surface area contributed by atoms with Gasteiger partial charge in [0.1, 0.15) is 4.90 Å². The van der Waals surface area contributed by atoms with E-state index in [9.17, 15) is 13.2 Å². The van der Waals surface area contributed by atoms with E-state index in [4.69, 9.17) is 5.11 Å². The van der Waals surface area contributed by atoms with Crippen molar-refractivity contribution in [3.63, 3.8) is 0 Å². The van der Waals surface area contributed by atoms with Crippen molar-refractivity contribution < 1.29 is 18.3 Å². The Morgan fingerprint density at radius 1 is 1.55 bits per heavy atom. The third-order valence-corrected chi connectivity index (χ3v) is 5.21. The van der Waals surface area contributed by atoms with Crippen molar-refractivity contribution >= 4 is 16.0 Å². The van der Waals surface area contributed by atoms with Gasteiger partial charge in [0.05, 0.1) is 19.2 Å². The largest absolute Gasteiger partial charge is 0.481 e. The fourth-order valence-corrected chi connectivity index (χ4v) is 3.43. The molecule has 0 aliphatic heterocycles.